The highest BCUT2D eigenvalue weighted by atomic mass is 32.2. The third-order valence-electron chi connectivity index (χ3n) is 4.11. The highest BCUT2D eigenvalue weighted by Crippen LogP contribution is 2.37. The molecule has 0 bridgehead atoms. The molecule has 4 rings (SSSR count). The van der Waals surface area contributed by atoms with Crippen LogP contribution in [0.25, 0.3) is 10.8 Å². The maximum Gasteiger partial charge on any atom is 0.0410 e. The first-order valence-electron chi connectivity index (χ1n) is 7.23. The first kappa shape index (κ1) is 12.7. The SMILES string of the molecule is Nc1ccc(Sc2ccc3c(c2)CCC3)c2ccncc12. The van der Waals surface area contributed by atoms with Crippen LogP contribution in [0.3, 0.4) is 0 Å². The minimum Gasteiger partial charge on any atom is -0.398 e. The van der Waals surface area contributed by atoms with Crippen molar-refractivity contribution in [3.05, 3.63) is 59.9 Å². The van der Waals surface area contributed by atoms with Gasteiger partial charge in [-0.1, -0.05) is 17.8 Å². The van der Waals surface area contributed by atoms with Gasteiger partial charge in [-0.15, -0.1) is 0 Å². The summed E-state index contributed by atoms with van der Waals surface area (Å²) >= 11 is 1.81. The fourth-order valence-corrected chi connectivity index (χ4v) is 4.03. The predicted molar refractivity (Wildman–Crippen MR) is 88.7 cm³/mol. The average Bonchev–Trinajstić information content (AvgIpc) is 2.98. The van der Waals surface area contributed by atoms with Crippen molar-refractivity contribution in [2.24, 2.45) is 0 Å². The molecule has 0 fully saturated rings. The summed E-state index contributed by atoms with van der Waals surface area (Å²) in [6, 6.07) is 13.0. The number of nitrogens with zero attached hydrogens (tertiary/aromatic N) is 1. The zero-order valence-corrected chi connectivity index (χ0v) is 12.5. The Morgan fingerprint density at radius 3 is 2.81 bits per heavy atom. The van der Waals surface area contributed by atoms with Crippen molar-refractivity contribution in [1.29, 1.82) is 0 Å². The van der Waals surface area contributed by atoms with Crippen LogP contribution in [0.1, 0.15) is 17.5 Å². The molecule has 3 aromatic rings. The van der Waals surface area contributed by atoms with Crippen LogP contribution in [0.15, 0.2) is 58.6 Å². The van der Waals surface area contributed by atoms with E-state index < -0.39 is 0 Å². The molecule has 0 saturated heterocycles. The van der Waals surface area contributed by atoms with Gasteiger partial charge in [0.15, 0.2) is 0 Å². The van der Waals surface area contributed by atoms with E-state index in [9.17, 15) is 0 Å². The quantitative estimate of drug-likeness (QED) is 0.709. The van der Waals surface area contributed by atoms with Crippen molar-refractivity contribution in [3.8, 4) is 0 Å². The van der Waals surface area contributed by atoms with Gasteiger partial charge in [0.05, 0.1) is 0 Å². The van der Waals surface area contributed by atoms with Crippen LogP contribution < -0.4 is 5.73 Å². The number of hydrogen-bond donors (Lipinski definition) is 1. The highest BCUT2D eigenvalue weighted by Gasteiger charge is 2.12. The molecule has 21 heavy (non-hydrogen) atoms. The van der Waals surface area contributed by atoms with E-state index in [0.29, 0.717) is 0 Å². The Bertz CT molecular complexity index is 827. The lowest BCUT2D eigenvalue weighted by molar-refractivity contribution is 0.911. The molecule has 0 aliphatic heterocycles. The van der Waals surface area contributed by atoms with Crippen molar-refractivity contribution < 1.29 is 0 Å². The minimum atomic E-state index is 0.788. The van der Waals surface area contributed by atoms with Gasteiger partial charge < -0.3 is 5.73 Å². The number of anilines is 1. The molecule has 1 heterocycles. The van der Waals surface area contributed by atoms with Crippen LogP contribution in [0, 0.1) is 0 Å². The van der Waals surface area contributed by atoms with E-state index in [1.807, 2.05) is 36.3 Å². The van der Waals surface area contributed by atoms with Crippen molar-refractivity contribution in [2.45, 2.75) is 29.1 Å². The van der Waals surface area contributed by atoms with Gasteiger partial charge in [-0.05, 0) is 60.7 Å². The number of aromatic nitrogens is 1. The highest BCUT2D eigenvalue weighted by molar-refractivity contribution is 7.99. The Morgan fingerprint density at radius 2 is 1.86 bits per heavy atom. The molecule has 0 saturated carbocycles. The molecule has 1 aliphatic carbocycles. The second-order valence-corrected chi connectivity index (χ2v) is 6.58. The second kappa shape index (κ2) is 5.08. The molecule has 1 aliphatic rings. The minimum absolute atomic E-state index is 0.788. The van der Waals surface area contributed by atoms with Crippen LogP contribution in [0.2, 0.25) is 0 Å². The van der Waals surface area contributed by atoms with Crippen molar-refractivity contribution in [3.63, 3.8) is 0 Å². The molecule has 3 heteroatoms. The van der Waals surface area contributed by atoms with Gasteiger partial charge in [0.1, 0.15) is 0 Å². The normalized spacial score (nSPS) is 13.5. The summed E-state index contributed by atoms with van der Waals surface area (Å²) in [5.41, 5.74) is 9.87. The zero-order chi connectivity index (χ0) is 14.2. The molecular weight excluding hydrogens is 276 g/mol. The number of nitrogens with two attached hydrogens (primary N) is 1. The van der Waals surface area contributed by atoms with E-state index >= 15 is 0 Å². The number of rotatable bonds is 2. The van der Waals surface area contributed by atoms with E-state index in [-0.39, 0.29) is 0 Å². The molecular formula is C18H16N2S. The molecule has 0 amide bonds. The van der Waals surface area contributed by atoms with Gasteiger partial charge in [-0.3, -0.25) is 4.98 Å². The Labute approximate surface area is 128 Å². The van der Waals surface area contributed by atoms with Crippen molar-refractivity contribution in [1.82, 2.24) is 4.98 Å². The first-order valence-corrected chi connectivity index (χ1v) is 8.05. The van der Waals surface area contributed by atoms with E-state index in [4.69, 9.17) is 5.73 Å². The molecule has 2 aromatic carbocycles. The number of fused-ring (bicyclic) bond motifs is 2. The number of aryl methyl sites for hydroxylation is 2. The third-order valence-corrected chi connectivity index (χ3v) is 5.18. The summed E-state index contributed by atoms with van der Waals surface area (Å²) < 4.78 is 0. The monoisotopic (exact) mass is 292 g/mol. The van der Waals surface area contributed by atoms with Crippen LogP contribution in [-0.4, -0.2) is 4.98 Å². The Balaban J connectivity index is 1.76. The van der Waals surface area contributed by atoms with Gasteiger partial charge in [0.2, 0.25) is 0 Å². The molecule has 2 nitrogen and oxygen atoms in total. The fourth-order valence-electron chi connectivity index (χ4n) is 3.01. The largest absolute Gasteiger partial charge is 0.398 e. The Morgan fingerprint density at radius 1 is 0.952 bits per heavy atom. The second-order valence-electron chi connectivity index (χ2n) is 5.46. The van der Waals surface area contributed by atoms with Crippen LogP contribution in [-0.2, 0) is 12.8 Å². The topological polar surface area (TPSA) is 38.9 Å². The van der Waals surface area contributed by atoms with Crippen LogP contribution in [0.5, 0.6) is 0 Å². The standard InChI is InChI=1S/C18H16N2S/c19-17-6-7-18(15-8-9-20-11-16(15)17)21-14-5-4-12-2-1-3-13(12)10-14/h4-11H,1-3,19H2. The van der Waals surface area contributed by atoms with Gasteiger partial charge in [-0.25, -0.2) is 0 Å². The molecule has 0 atom stereocenters. The summed E-state index contributed by atoms with van der Waals surface area (Å²) in [6.45, 7) is 0. The zero-order valence-electron chi connectivity index (χ0n) is 11.7. The summed E-state index contributed by atoms with van der Waals surface area (Å²) in [5.74, 6) is 0. The van der Waals surface area contributed by atoms with Gasteiger partial charge in [0.25, 0.3) is 0 Å². The molecule has 0 spiro atoms. The average molecular weight is 292 g/mol. The first-order chi connectivity index (χ1) is 10.3. The lowest BCUT2D eigenvalue weighted by Gasteiger charge is -2.09. The van der Waals surface area contributed by atoms with E-state index in [1.54, 1.807) is 0 Å². The number of pyridine rings is 1. The molecule has 0 unspecified atom stereocenters. The maximum absolute atomic E-state index is 6.04. The Kier molecular flexibility index (Phi) is 3.08. The molecule has 2 N–H and O–H groups in total. The summed E-state index contributed by atoms with van der Waals surface area (Å²) in [6.07, 6.45) is 7.42. The van der Waals surface area contributed by atoms with Crippen molar-refractivity contribution >= 4 is 28.2 Å². The lowest BCUT2D eigenvalue weighted by atomic mass is 10.1. The lowest BCUT2D eigenvalue weighted by Crippen LogP contribution is -1.89. The number of benzene rings is 2. The van der Waals surface area contributed by atoms with Gasteiger partial charge in [0, 0.05) is 38.6 Å². The third kappa shape index (κ3) is 2.28. The van der Waals surface area contributed by atoms with Crippen LogP contribution >= 0.6 is 11.8 Å². The van der Waals surface area contributed by atoms with Crippen LogP contribution in [0.4, 0.5) is 5.69 Å². The Hall–Kier alpha value is -2.00. The molecule has 1 aromatic heterocycles. The number of nitrogen functional groups attached to an aromatic ring is 1. The van der Waals surface area contributed by atoms with E-state index in [0.717, 1.165) is 11.1 Å². The van der Waals surface area contributed by atoms with E-state index in [2.05, 4.69) is 29.2 Å². The summed E-state index contributed by atoms with van der Waals surface area (Å²) in [4.78, 5) is 6.72. The van der Waals surface area contributed by atoms with E-state index in [1.165, 1.54) is 45.6 Å². The maximum atomic E-state index is 6.04. The van der Waals surface area contributed by atoms with Gasteiger partial charge >= 0.3 is 0 Å². The van der Waals surface area contributed by atoms with Gasteiger partial charge in [-0.2, -0.15) is 0 Å². The summed E-state index contributed by atoms with van der Waals surface area (Å²) in [7, 11) is 0. The fraction of sp³-hybridized carbons (Fsp3) is 0.167. The van der Waals surface area contributed by atoms with Crippen molar-refractivity contribution in [2.75, 3.05) is 5.73 Å². The molecule has 0 radical (unpaired) electrons. The predicted octanol–water partition coefficient (Wildman–Crippen LogP) is 4.46. The summed E-state index contributed by atoms with van der Waals surface area (Å²) in [5, 5.41) is 2.21. The smallest absolute Gasteiger partial charge is 0.0410 e. The molecule has 104 valence electrons. The number of hydrogen-bond acceptors (Lipinski definition) is 3.